The topological polar surface area (TPSA) is 44.5 Å². The Balaban J connectivity index is 2.04. The van der Waals surface area contributed by atoms with Crippen LogP contribution in [0.4, 0.5) is 0 Å². The van der Waals surface area contributed by atoms with Crippen molar-refractivity contribution in [2.75, 3.05) is 0 Å². The zero-order valence-corrected chi connectivity index (χ0v) is 12.8. The van der Waals surface area contributed by atoms with Gasteiger partial charge in [-0.05, 0) is 54.2 Å². The van der Waals surface area contributed by atoms with Crippen LogP contribution >= 0.6 is 7.92 Å². The van der Waals surface area contributed by atoms with E-state index in [1.807, 2.05) is 36.8 Å². The fourth-order valence-electron chi connectivity index (χ4n) is 2.32. The molecule has 0 amide bonds. The predicted molar refractivity (Wildman–Crippen MR) is 90.3 cm³/mol. The van der Waals surface area contributed by atoms with Crippen molar-refractivity contribution in [1.82, 2.24) is 15.0 Å². The van der Waals surface area contributed by atoms with Crippen molar-refractivity contribution in [2.24, 2.45) is 0 Å². The molecule has 3 nitrogen and oxygen atoms in total. The van der Waals surface area contributed by atoms with Crippen molar-refractivity contribution in [1.29, 1.82) is 0 Å². The molecule has 3 aromatic heterocycles. The smallest absolute Gasteiger partial charge is 0.0632 e. The molecule has 3 aromatic rings. The average Bonchev–Trinajstić information content (AvgIpc) is 3.21. The number of allylic oxidation sites excluding steroid dienone is 1. The summed E-state index contributed by atoms with van der Waals surface area (Å²) < 4.78 is 0. The fraction of sp³-hybridized carbons (Fsp3) is 0.118. The molecular weight excluding hydrogens is 277 g/mol. The van der Waals surface area contributed by atoms with Crippen molar-refractivity contribution >= 4 is 24.9 Å². The molecule has 106 valence electrons. The second-order valence-electron chi connectivity index (χ2n) is 4.69. The lowest BCUT2D eigenvalue weighted by Crippen LogP contribution is -2.14. The number of pyridine rings is 1. The van der Waals surface area contributed by atoms with E-state index in [1.165, 1.54) is 16.2 Å². The molecule has 0 aliphatic carbocycles. The number of aromatic nitrogens is 3. The number of rotatable bonds is 5. The Kier molecular flexibility index (Phi) is 4.32. The first-order valence-corrected chi connectivity index (χ1v) is 8.41. The van der Waals surface area contributed by atoms with Gasteiger partial charge >= 0.3 is 0 Å². The Morgan fingerprint density at radius 3 is 2.24 bits per heavy atom. The molecule has 0 aromatic carbocycles. The summed E-state index contributed by atoms with van der Waals surface area (Å²) in [5.41, 5.74) is 3.54. The van der Waals surface area contributed by atoms with Gasteiger partial charge in [0.25, 0.3) is 0 Å². The first-order chi connectivity index (χ1) is 10.4. The van der Waals surface area contributed by atoms with Crippen LogP contribution in [0.15, 0.2) is 66.4 Å². The highest BCUT2D eigenvalue weighted by Crippen LogP contribution is 2.44. The van der Waals surface area contributed by atoms with Crippen LogP contribution in [0.5, 0.6) is 0 Å². The molecule has 4 heteroatoms. The minimum absolute atomic E-state index is 0.554. The molecule has 0 unspecified atom stereocenters. The number of nitrogens with zero attached hydrogens (tertiary/aromatic N) is 1. The van der Waals surface area contributed by atoms with E-state index in [0.29, 0.717) is 0 Å². The summed E-state index contributed by atoms with van der Waals surface area (Å²) in [4.78, 5) is 11.2. The minimum Gasteiger partial charge on any atom is -0.361 e. The average molecular weight is 295 g/mol. The van der Waals surface area contributed by atoms with E-state index < -0.39 is 7.92 Å². The zero-order chi connectivity index (χ0) is 14.5. The Bertz CT molecular complexity index is 651. The van der Waals surface area contributed by atoms with Gasteiger partial charge in [0.15, 0.2) is 0 Å². The first-order valence-electron chi connectivity index (χ1n) is 7.07. The van der Waals surface area contributed by atoms with E-state index >= 15 is 0 Å². The highest BCUT2D eigenvalue weighted by atomic mass is 31.1. The summed E-state index contributed by atoms with van der Waals surface area (Å²) in [5, 5.41) is 1.40. The molecule has 0 aliphatic rings. The van der Waals surface area contributed by atoms with Gasteiger partial charge in [0.05, 0.1) is 5.69 Å². The van der Waals surface area contributed by atoms with Gasteiger partial charge in [-0.25, -0.2) is 0 Å². The largest absolute Gasteiger partial charge is 0.361 e. The lowest BCUT2D eigenvalue weighted by atomic mass is 10.3. The summed E-state index contributed by atoms with van der Waals surface area (Å²) in [6.45, 7) is 2.20. The maximum Gasteiger partial charge on any atom is 0.0632 e. The van der Waals surface area contributed by atoms with Crippen LogP contribution in [0.25, 0.3) is 6.08 Å². The lowest BCUT2D eigenvalue weighted by molar-refractivity contribution is 1.19. The van der Waals surface area contributed by atoms with Gasteiger partial charge in [-0.1, -0.05) is 13.0 Å². The van der Waals surface area contributed by atoms with Crippen LogP contribution in [-0.2, 0) is 0 Å². The molecule has 0 radical (unpaired) electrons. The quantitative estimate of drug-likeness (QED) is 0.694. The molecule has 0 aliphatic heterocycles. The van der Waals surface area contributed by atoms with Gasteiger partial charge in [-0.15, -0.1) is 0 Å². The van der Waals surface area contributed by atoms with Crippen molar-refractivity contribution in [2.45, 2.75) is 13.3 Å². The van der Waals surface area contributed by atoms with Gasteiger partial charge in [-0.2, -0.15) is 0 Å². The molecule has 0 saturated heterocycles. The molecule has 2 N–H and O–H groups in total. The highest BCUT2D eigenvalue weighted by molar-refractivity contribution is 7.76. The Labute approximate surface area is 125 Å². The van der Waals surface area contributed by atoms with Crippen molar-refractivity contribution in [3.05, 3.63) is 72.1 Å². The summed E-state index contributed by atoms with van der Waals surface area (Å²) in [6.07, 6.45) is 9.03. The van der Waals surface area contributed by atoms with Crippen molar-refractivity contribution < 1.29 is 0 Å². The second kappa shape index (κ2) is 6.55. The van der Waals surface area contributed by atoms with Gasteiger partial charge < -0.3 is 9.97 Å². The summed E-state index contributed by atoms with van der Waals surface area (Å²) >= 11 is 0. The standard InChI is InChI=1S/C17H18N3P/c1-2-15(13-14-7-3-4-10-18-14)21(16-8-5-11-19-16)17-9-6-12-20-17/h3-13,19-20H,2H2,1H3. The van der Waals surface area contributed by atoms with Crippen LogP contribution in [0.3, 0.4) is 0 Å². The summed E-state index contributed by atoms with van der Waals surface area (Å²) in [5.74, 6) is 0. The van der Waals surface area contributed by atoms with Crippen LogP contribution in [0.1, 0.15) is 19.0 Å². The van der Waals surface area contributed by atoms with Crippen molar-refractivity contribution in [3.63, 3.8) is 0 Å². The molecule has 0 atom stereocenters. The molecular formula is C17H18N3P. The number of H-pyrrole nitrogens is 2. The molecule has 0 bridgehead atoms. The zero-order valence-electron chi connectivity index (χ0n) is 12.0. The molecule has 0 saturated carbocycles. The second-order valence-corrected chi connectivity index (χ2v) is 6.90. The van der Waals surface area contributed by atoms with E-state index in [0.717, 1.165) is 12.1 Å². The maximum atomic E-state index is 4.43. The lowest BCUT2D eigenvalue weighted by Gasteiger charge is -2.18. The normalized spacial score (nSPS) is 12.0. The first kappa shape index (κ1) is 13.8. The van der Waals surface area contributed by atoms with Crippen LogP contribution < -0.4 is 10.9 Å². The van der Waals surface area contributed by atoms with Crippen LogP contribution in [0.2, 0.25) is 0 Å². The third-order valence-electron chi connectivity index (χ3n) is 3.30. The number of hydrogen-bond acceptors (Lipinski definition) is 1. The van der Waals surface area contributed by atoms with Crippen LogP contribution in [0, 0.1) is 0 Å². The SMILES string of the molecule is CCC(=Cc1ccccn1)P(c1ccc[nH]1)c1ccc[nH]1. The van der Waals surface area contributed by atoms with Gasteiger partial charge in [0.1, 0.15) is 0 Å². The maximum absolute atomic E-state index is 4.43. The Hall–Kier alpha value is -2.12. The van der Waals surface area contributed by atoms with E-state index in [1.54, 1.807) is 0 Å². The third kappa shape index (κ3) is 3.14. The summed E-state index contributed by atoms with van der Waals surface area (Å²) in [6, 6.07) is 14.5. The number of aromatic amines is 2. The molecule has 0 spiro atoms. The van der Waals surface area contributed by atoms with Gasteiger partial charge in [-0.3, -0.25) is 4.98 Å². The predicted octanol–water partition coefficient (Wildman–Crippen LogP) is 3.62. The Morgan fingerprint density at radius 1 is 1.05 bits per heavy atom. The van der Waals surface area contributed by atoms with Gasteiger partial charge in [0.2, 0.25) is 0 Å². The Morgan fingerprint density at radius 2 is 1.76 bits per heavy atom. The van der Waals surface area contributed by atoms with Crippen molar-refractivity contribution in [3.8, 4) is 0 Å². The van der Waals surface area contributed by atoms with Crippen LogP contribution in [-0.4, -0.2) is 15.0 Å². The highest BCUT2D eigenvalue weighted by Gasteiger charge is 2.19. The minimum atomic E-state index is -0.554. The number of hydrogen-bond donors (Lipinski definition) is 2. The number of nitrogens with one attached hydrogen (secondary N) is 2. The molecule has 3 heterocycles. The van der Waals surface area contributed by atoms with E-state index in [9.17, 15) is 0 Å². The monoisotopic (exact) mass is 295 g/mol. The van der Waals surface area contributed by atoms with E-state index in [2.05, 4.69) is 52.2 Å². The summed E-state index contributed by atoms with van der Waals surface area (Å²) in [7, 11) is -0.554. The van der Waals surface area contributed by atoms with E-state index in [4.69, 9.17) is 0 Å². The van der Waals surface area contributed by atoms with Gasteiger partial charge in [0, 0.05) is 37.4 Å². The molecule has 21 heavy (non-hydrogen) atoms. The third-order valence-corrected chi connectivity index (χ3v) is 5.84. The molecule has 0 fully saturated rings. The van der Waals surface area contributed by atoms with E-state index in [-0.39, 0.29) is 0 Å². The fourth-order valence-corrected chi connectivity index (χ4v) is 4.65. The molecule has 3 rings (SSSR count).